The van der Waals surface area contributed by atoms with Gasteiger partial charge in [-0.05, 0) is 38.8 Å². The molecular weight excluding hydrogens is 352 g/mol. The van der Waals surface area contributed by atoms with Crippen LogP contribution in [0, 0.1) is 0 Å². The van der Waals surface area contributed by atoms with Crippen LogP contribution in [0.25, 0.3) is 0 Å². The molecule has 12 heteroatoms. The minimum atomic E-state index is -2.27. The Hall–Kier alpha value is -2.28. The number of carboxylic acid groups (broad SMARTS) is 2. The van der Waals surface area contributed by atoms with Gasteiger partial charge in [0.15, 0.2) is 12.2 Å². The molecule has 0 fully saturated rings. The summed E-state index contributed by atoms with van der Waals surface area (Å²) in [7, 11) is 0. The second-order valence-corrected chi connectivity index (χ2v) is 4.99. The topological polar surface area (TPSA) is 253 Å². The van der Waals surface area contributed by atoms with Crippen molar-refractivity contribution in [2.24, 2.45) is 22.9 Å². The first kappa shape index (κ1) is 28.5. The van der Waals surface area contributed by atoms with Gasteiger partial charge in [0.2, 0.25) is 11.8 Å². The molecule has 0 aromatic heterocycles. The van der Waals surface area contributed by atoms with Crippen molar-refractivity contribution in [3.05, 3.63) is 0 Å². The summed E-state index contributed by atoms with van der Waals surface area (Å²) in [4.78, 5) is 39.7. The highest BCUT2D eigenvalue weighted by Crippen LogP contribution is 1.92. The summed E-state index contributed by atoms with van der Waals surface area (Å²) in [6.45, 7) is 1.29. The number of nitrogens with two attached hydrogens (primary N) is 4. The average Bonchev–Trinajstić information content (AvgIpc) is 2.54. The summed E-state index contributed by atoms with van der Waals surface area (Å²) >= 11 is 0. The van der Waals surface area contributed by atoms with E-state index in [9.17, 15) is 19.2 Å². The summed E-state index contributed by atoms with van der Waals surface area (Å²) < 4.78 is 0. The highest BCUT2D eigenvalue weighted by Gasteiger charge is 2.29. The van der Waals surface area contributed by atoms with Crippen molar-refractivity contribution in [2.45, 2.75) is 50.7 Å². The smallest absolute Gasteiger partial charge is 0.335 e. The van der Waals surface area contributed by atoms with Gasteiger partial charge in [-0.3, -0.25) is 9.59 Å². The first-order chi connectivity index (χ1) is 12.0. The van der Waals surface area contributed by atoms with Gasteiger partial charge in [0.25, 0.3) is 0 Å². The Morgan fingerprint density at radius 3 is 1.08 bits per heavy atom. The van der Waals surface area contributed by atoms with Gasteiger partial charge in [0.05, 0.1) is 0 Å². The Bertz CT molecular complexity index is 382. The van der Waals surface area contributed by atoms with E-state index >= 15 is 0 Å². The van der Waals surface area contributed by atoms with Crippen molar-refractivity contribution in [2.75, 3.05) is 13.1 Å². The van der Waals surface area contributed by atoms with Gasteiger partial charge in [-0.15, -0.1) is 0 Å². The molecule has 2 atom stereocenters. The molecule has 0 aliphatic carbocycles. The highest BCUT2D eigenvalue weighted by molar-refractivity contribution is 5.83. The van der Waals surface area contributed by atoms with E-state index in [2.05, 4.69) is 0 Å². The fourth-order valence-corrected chi connectivity index (χ4v) is 1.16. The molecule has 0 bridgehead atoms. The first-order valence-corrected chi connectivity index (χ1v) is 7.79. The summed E-state index contributed by atoms with van der Waals surface area (Å²) in [5.41, 5.74) is 20.0. The Labute approximate surface area is 151 Å². The molecule has 0 spiro atoms. The molecule has 2 unspecified atom stereocenters. The summed E-state index contributed by atoms with van der Waals surface area (Å²) in [6.07, 6.45) is -0.159. The molecule has 0 heterocycles. The third-order valence-electron chi connectivity index (χ3n) is 2.56. The van der Waals surface area contributed by atoms with Crippen LogP contribution in [-0.4, -0.2) is 69.5 Å². The molecular formula is C14H30N4O8. The number of rotatable bonds is 11. The SMILES string of the molecule is NCCCCC(N)=O.NCCCCC(N)=O.O=C(O)C(O)C(O)C(=O)O. The van der Waals surface area contributed by atoms with Crippen molar-refractivity contribution in [3.63, 3.8) is 0 Å². The first-order valence-electron chi connectivity index (χ1n) is 7.79. The molecule has 0 radical (unpaired) electrons. The van der Waals surface area contributed by atoms with Crippen LogP contribution in [0.4, 0.5) is 0 Å². The standard InChI is InChI=1S/2C5H12N2O.C4H6O6/c2*6-4-2-1-3-5(7)8;5-1(3(7)8)2(6)4(9)10/h2*1-4,6H2,(H2,7,8);1-2,5-6H,(H,7,8)(H,9,10). The molecule has 0 aliphatic heterocycles. The van der Waals surface area contributed by atoms with E-state index in [1.807, 2.05) is 0 Å². The average molecular weight is 382 g/mol. The number of amides is 2. The Morgan fingerprint density at radius 2 is 0.923 bits per heavy atom. The van der Waals surface area contributed by atoms with E-state index in [1.54, 1.807) is 0 Å². The minimum absolute atomic E-state index is 0.238. The van der Waals surface area contributed by atoms with Gasteiger partial charge in [-0.25, -0.2) is 9.59 Å². The second-order valence-electron chi connectivity index (χ2n) is 4.99. The second kappa shape index (κ2) is 19.1. The zero-order valence-corrected chi connectivity index (χ0v) is 14.5. The molecule has 2 amide bonds. The number of unbranched alkanes of at least 4 members (excludes halogenated alkanes) is 2. The van der Waals surface area contributed by atoms with E-state index in [4.69, 9.17) is 43.4 Å². The van der Waals surface area contributed by atoms with Crippen molar-refractivity contribution >= 4 is 23.8 Å². The molecule has 26 heavy (non-hydrogen) atoms. The van der Waals surface area contributed by atoms with Gasteiger partial charge in [-0.1, -0.05) is 0 Å². The Balaban J connectivity index is -0.000000308. The molecule has 0 aromatic rings. The quantitative estimate of drug-likeness (QED) is 0.169. The molecule has 0 aliphatic rings. The van der Waals surface area contributed by atoms with Gasteiger partial charge < -0.3 is 43.4 Å². The van der Waals surface area contributed by atoms with E-state index in [1.165, 1.54) is 0 Å². The van der Waals surface area contributed by atoms with Crippen LogP contribution in [0.5, 0.6) is 0 Å². The molecule has 0 saturated carbocycles. The Kier molecular flexibility index (Phi) is 20.9. The van der Waals surface area contributed by atoms with Gasteiger partial charge >= 0.3 is 11.9 Å². The lowest BCUT2D eigenvalue weighted by atomic mass is 10.2. The summed E-state index contributed by atoms with van der Waals surface area (Å²) in [5.74, 6) is -4.01. The predicted octanol–water partition coefficient (Wildman–Crippen LogP) is -2.92. The minimum Gasteiger partial charge on any atom is -0.479 e. The van der Waals surface area contributed by atoms with Crippen LogP contribution in [-0.2, 0) is 19.2 Å². The summed E-state index contributed by atoms with van der Waals surface area (Å²) in [6, 6.07) is 0. The molecule has 0 saturated heterocycles. The summed E-state index contributed by atoms with van der Waals surface area (Å²) in [5, 5.41) is 32.5. The van der Waals surface area contributed by atoms with Gasteiger partial charge in [-0.2, -0.15) is 0 Å². The number of primary amides is 2. The normalized spacial score (nSPS) is 11.7. The maximum atomic E-state index is 10.1. The number of carbonyl (C=O) groups is 4. The number of hydrogen-bond donors (Lipinski definition) is 8. The maximum Gasteiger partial charge on any atom is 0.335 e. The Morgan fingerprint density at radius 1 is 0.654 bits per heavy atom. The number of hydrogen-bond acceptors (Lipinski definition) is 8. The number of aliphatic hydroxyl groups is 2. The van der Waals surface area contributed by atoms with Crippen LogP contribution >= 0.6 is 0 Å². The fraction of sp³-hybridized carbons (Fsp3) is 0.714. The molecule has 12 N–H and O–H groups in total. The van der Waals surface area contributed by atoms with E-state index < -0.39 is 24.1 Å². The largest absolute Gasteiger partial charge is 0.479 e. The van der Waals surface area contributed by atoms with Gasteiger partial charge in [0.1, 0.15) is 0 Å². The molecule has 12 nitrogen and oxygen atoms in total. The number of aliphatic hydroxyl groups excluding tert-OH is 2. The lowest BCUT2D eigenvalue weighted by Crippen LogP contribution is -2.39. The van der Waals surface area contributed by atoms with Crippen LogP contribution in [0.15, 0.2) is 0 Å². The lowest BCUT2D eigenvalue weighted by Gasteiger charge is -2.07. The van der Waals surface area contributed by atoms with E-state index in [0.29, 0.717) is 25.9 Å². The number of aliphatic carboxylic acids is 2. The fourth-order valence-electron chi connectivity index (χ4n) is 1.16. The number of carboxylic acids is 2. The van der Waals surface area contributed by atoms with Crippen LogP contribution in [0.3, 0.4) is 0 Å². The third kappa shape index (κ3) is 24.0. The zero-order chi connectivity index (χ0) is 21.1. The highest BCUT2D eigenvalue weighted by atomic mass is 16.4. The van der Waals surface area contributed by atoms with Crippen LogP contribution in [0.1, 0.15) is 38.5 Å². The van der Waals surface area contributed by atoms with Crippen molar-refractivity contribution in [1.29, 1.82) is 0 Å². The monoisotopic (exact) mass is 382 g/mol. The number of carbonyl (C=O) groups excluding carboxylic acids is 2. The van der Waals surface area contributed by atoms with E-state index in [0.717, 1.165) is 25.7 Å². The molecule has 0 aromatic carbocycles. The van der Waals surface area contributed by atoms with E-state index in [-0.39, 0.29) is 11.8 Å². The third-order valence-corrected chi connectivity index (χ3v) is 2.56. The van der Waals surface area contributed by atoms with Crippen LogP contribution < -0.4 is 22.9 Å². The van der Waals surface area contributed by atoms with Gasteiger partial charge in [0, 0.05) is 12.8 Å². The molecule has 154 valence electrons. The molecule has 0 rings (SSSR count). The van der Waals surface area contributed by atoms with Crippen LogP contribution in [0.2, 0.25) is 0 Å². The van der Waals surface area contributed by atoms with Crippen molar-refractivity contribution in [1.82, 2.24) is 0 Å². The zero-order valence-electron chi connectivity index (χ0n) is 14.5. The van der Waals surface area contributed by atoms with Crippen molar-refractivity contribution < 1.29 is 39.6 Å². The lowest BCUT2D eigenvalue weighted by molar-refractivity contribution is -0.165. The predicted molar refractivity (Wildman–Crippen MR) is 91.5 cm³/mol. The maximum absolute atomic E-state index is 10.1. The van der Waals surface area contributed by atoms with Crippen molar-refractivity contribution in [3.8, 4) is 0 Å².